The predicted molar refractivity (Wildman–Crippen MR) is 80.8 cm³/mol. The summed E-state index contributed by atoms with van der Waals surface area (Å²) in [6, 6.07) is 8.40. The molecule has 0 aromatic heterocycles. The minimum atomic E-state index is 0.0482. The first kappa shape index (κ1) is 13.6. The van der Waals surface area contributed by atoms with Crippen molar-refractivity contribution in [1.82, 2.24) is 10.2 Å². The van der Waals surface area contributed by atoms with Crippen LogP contribution >= 0.6 is 0 Å². The van der Waals surface area contributed by atoms with Crippen LogP contribution in [0.5, 0.6) is 0 Å². The molecule has 20 heavy (non-hydrogen) atoms. The maximum atomic E-state index is 12.0. The molecular weight excluding hydrogens is 250 g/mol. The van der Waals surface area contributed by atoms with Crippen LogP contribution in [0.4, 0.5) is 5.69 Å². The molecule has 3 aliphatic heterocycles. The first-order valence-electron chi connectivity index (χ1n) is 7.53. The number of carbonyl (C=O) groups excluding carboxylic acids is 1. The molecule has 1 aromatic rings. The quantitative estimate of drug-likeness (QED) is 0.876. The highest BCUT2D eigenvalue weighted by Gasteiger charge is 2.33. The van der Waals surface area contributed by atoms with Crippen molar-refractivity contribution in [2.75, 3.05) is 31.5 Å². The van der Waals surface area contributed by atoms with Crippen LogP contribution in [-0.4, -0.2) is 43.0 Å². The van der Waals surface area contributed by atoms with Crippen molar-refractivity contribution in [3.05, 3.63) is 29.8 Å². The van der Waals surface area contributed by atoms with Crippen LogP contribution in [0.3, 0.4) is 0 Å². The minimum absolute atomic E-state index is 0.0482. The fourth-order valence-electron chi connectivity index (χ4n) is 3.35. The second-order valence-electron chi connectivity index (χ2n) is 6.04. The van der Waals surface area contributed by atoms with Crippen molar-refractivity contribution in [2.45, 2.75) is 25.8 Å². The molecule has 4 rings (SSSR count). The first-order valence-corrected chi connectivity index (χ1v) is 7.53. The van der Waals surface area contributed by atoms with Gasteiger partial charge >= 0.3 is 0 Å². The molecule has 4 nitrogen and oxygen atoms in total. The van der Waals surface area contributed by atoms with Gasteiger partial charge in [0.1, 0.15) is 0 Å². The lowest BCUT2D eigenvalue weighted by molar-refractivity contribution is -0.115. The molecule has 0 saturated carbocycles. The standard InChI is InChI=1S/C16H23N3O/c1-12-3-2-4-14(9-12)18-16(20)10-17-15-11-19-7-5-13(15)6-8-19/h2-4,9,13,15,17H,5-8,10-11H2,1H3,(H,18,20). The lowest BCUT2D eigenvalue weighted by Crippen LogP contribution is -2.57. The number of benzene rings is 1. The fraction of sp³-hybridized carbons (Fsp3) is 0.562. The summed E-state index contributed by atoms with van der Waals surface area (Å²) in [6.45, 7) is 6.00. The van der Waals surface area contributed by atoms with Crippen molar-refractivity contribution in [2.24, 2.45) is 5.92 Å². The van der Waals surface area contributed by atoms with Crippen LogP contribution in [0.2, 0.25) is 0 Å². The molecule has 0 spiro atoms. The summed E-state index contributed by atoms with van der Waals surface area (Å²) in [6.07, 6.45) is 2.55. The Morgan fingerprint density at radius 2 is 2.15 bits per heavy atom. The maximum absolute atomic E-state index is 12.0. The van der Waals surface area contributed by atoms with Gasteiger partial charge in [0, 0.05) is 18.3 Å². The third-order valence-electron chi connectivity index (χ3n) is 4.48. The van der Waals surface area contributed by atoms with E-state index >= 15 is 0 Å². The zero-order valence-corrected chi connectivity index (χ0v) is 12.1. The zero-order valence-electron chi connectivity index (χ0n) is 12.1. The number of hydrogen-bond acceptors (Lipinski definition) is 3. The van der Waals surface area contributed by atoms with Gasteiger partial charge in [-0.05, 0) is 56.5 Å². The topological polar surface area (TPSA) is 44.4 Å². The van der Waals surface area contributed by atoms with Gasteiger partial charge in [0.2, 0.25) is 5.91 Å². The lowest BCUT2D eigenvalue weighted by atomic mass is 9.84. The number of rotatable bonds is 4. The third kappa shape index (κ3) is 3.19. The van der Waals surface area contributed by atoms with E-state index in [4.69, 9.17) is 0 Å². The van der Waals surface area contributed by atoms with E-state index in [2.05, 4.69) is 15.5 Å². The van der Waals surface area contributed by atoms with E-state index in [0.717, 1.165) is 23.7 Å². The van der Waals surface area contributed by atoms with E-state index in [-0.39, 0.29) is 5.91 Å². The highest BCUT2D eigenvalue weighted by Crippen LogP contribution is 2.27. The molecule has 4 heteroatoms. The third-order valence-corrected chi connectivity index (χ3v) is 4.48. The Balaban J connectivity index is 1.47. The molecule has 1 unspecified atom stereocenters. The molecule has 3 fully saturated rings. The van der Waals surface area contributed by atoms with Crippen molar-refractivity contribution in [3.8, 4) is 0 Å². The number of anilines is 1. The smallest absolute Gasteiger partial charge is 0.238 e. The van der Waals surface area contributed by atoms with Gasteiger partial charge in [0.05, 0.1) is 6.54 Å². The van der Waals surface area contributed by atoms with Gasteiger partial charge < -0.3 is 15.5 Å². The van der Waals surface area contributed by atoms with E-state index in [0.29, 0.717) is 12.6 Å². The zero-order chi connectivity index (χ0) is 13.9. The monoisotopic (exact) mass is 273 g/mol. The van der Waals surface area contributed by atoms with Gasteiger partial charge in [0.25, 0.3) is 0 Å². The van der Waals surface area contributed by atoms with Crippen LogP contribution in [0.15, 0.2) is 24.3 Å². The van der Waals surface area contributed by atoms with Gasteiger partial charge in [-0.3, -0.25) is 4.79 Å². The van der Waals surface area contributed by atoms with Crippen molar-refractivity contribution in [1.29, 1.82) is 0 Å². The average Bonchev–Trinajstić information content (AvgIpc) is 2.46. The second-order valence-corrected chi connectivity index (χ2v) is 6.04. The molecule has 0 radical (unpaired) electrons. The Labute approximate surface area is 120 Å². The van der Waals surface area contributed by atoms with Gasteiger partial charge in [-0.2, -0.15) is 0 Å². The van der Waals surface area contributed by atoms with Crippen LogP contribution < -0.4 is 10.6 Å². The van der Waals surface area contributed by atoms with Crippen LogP contribution in [0.25, 0.3) is 0 Å². The van der Waals surface area contributed by atoms with Gasteiger partial charge in [-0.1, -0.05) is 12.1 Å². The summed E-state index contributed by atoms with van der Waals surface area (Å²) < 4.78 is 0. The molecular formula is C16H23N3O. The Hall–Kier alpha value is -1.39. The lowest BCUT2D eigenvalue weighted by Gasteiger charge is -2.45. The van der Waals surface area contributed by atoms with E-state index in [1.54, 1.807) is 0 Å². The molecule has 3 saturated heterocycles. The number of carbonyl (C=O) groups is 1. The number of nitrogens with zero attached hydrogens (tertiary/aromatic N) is 1. The molecule has 108 valence electrons. The normalized spacial score (nSPS) is 28.4. The molecule has 0 aliphatic carbocycles. The number of piperidine rings is 3. The number of fused-ring (bicyclic) bond motifs is 3. The van der Waals surface area contributed by atoms with Gasteiger partial charge in [0.15, 0.2) is 0 Å². The van der Waals surface area contributed by atoms with E-state index in [1.165, 1.54) is 25.9 Å². The molecule has 3 aliphatic rings. The minimum Gasteiger partial charge on any atom is -0.325 e. The Morgan fingerprint density at radius 3 is 2.80 bits per heavy atom. The number of amides is 1. The summed E-state index contributed by atoms with van der Waals surface area (Å²) in [5.74, 6) is 0.804. The van der Waals surface area contributed by atoms with E-state index in [9.17, 15) is 4.79 Å². The Morgan fingerprint density at radius 1 is 1.35 bits per heavy atom. The van der Waals surface area contributed by atoms with Gasteiger partial charge in [-0.25, -0.2) is 0 Å². The summed E-state index contributed by atoms with van der Waals surface area (Å²) in [4.78, 5) is 14.5. The Bertz CT molecular complexity index is 480. The number of hydrogen-bond donors (Lipinski definition) is 2. The van der Waals surface area contributed by atoms with E-state index < -0.39 is 0 Å². The van der Waals surface area contributed by atoms with Crippen LogP contribution in [-0.2, 0) is 4.79 Å². The molecule has 2 bridgehead atoms. The SMILES string of the molecule is Cc1cccc(NC(=O)CNC2CN3CCC2CC3)c1. The average molecular weight is 273 g/mol. The highest BCUT2D eigenvalue weighted by molar-refractivity contribution is 5.92. The maximum Gasteiger partial charge on any atom is 0.238 e. The van der Waals surface area contributed by atoms with E-state index in [1.807, 2.05) is 31.2 Å². The summed E-state index contributed by atoms with van der Waals surface area (Å²) in [7, 11) is 0. The fourth-order valence-corrected chi connectivity index (χ4v) is 3.35. The Kier molecular flexibility index (Phi) is 4.03. The first-order chi connectivity index (χ1) is 9.70. The van der Waals surface area contributed by atoms with Crippen molar-refractivity contribution >= 4 is 11.6 Å². The van der Waals surface area contributed by atoms with Crippen LogP contribution in [0, 0.1) is 12.8 Å². The summed E-state index contributed by atoms with van der Waals surface area (Å²) in [5, 5.41) is 6.39. The van der Waals surface area contributed by atoms with Gasteiger partial charge in [-0.15, -0.1) is 0 Å². The summed E-state index contributed by atoms with van der Waals surface area (Å²) >= 11 is 0. The molecule has 2 N–H and O–H groups in total. The molecule has 3 heterocycles. The molecule has 1 amide bonds. The molecule has 1 atom stereocenters. The highest BCUT2D eigenvalue weighted by atomic mass is 16.1. The second kappa shape index (κ2) is 5.94. The number of aryl methyl sites for hydroxylation is 1. The van der Waals surface area contributed by atoms with Crippen LogP contribution in [0.1, 0.15) is 18.4 Å². The van der Waals surface area contributed by atoms with Crippen molar-refractivity contribution in [3.63, 3.8) is 0 Å². The molecule has 1 aromatic carbocycles. The predicted octanol–water partition coefficient (Wildman–Crippen LogP) is 1.62. The number of nitrogens with one attached hydrogen (secondary N) is 2. The van der Waals surface area contributed by atoms with Crippen molar-refractivity contribution < 1.29 is 4.79 Å². The largest absolute Gasteiger partial charge is 0.325 e. The summed E-state index contributed by atoms with van der Waals surface area (Å²) in [5.41, 5.74) is 2.04.